The third-order valence-corrected chi connectivity index (χ3v) is 5.68. The molecule has 0 unspecified atom stereocenters. The van der Waals surface area contributed by atoms with Gasteiger partial charge in [-0.25, -0.2) is 4.98 Å². The van der Waals surface area contributed by atoms with Crippen LogP contribution in [0.3, 0.4) is 0 Å². The summed E-state index contributed by atoms with van der Waals surface area (Å²) >= 11 is 0. The lowest BCUT2D eigenvalue weighted by Gasteiger charge is -2.33. The fourth-order valence-electron chi connectivity index (χ4n) is 4.43. The largest absolute Gasteiger partial charge is 0.334 e. The summed E-state index contributed by atoms with van der Waals surface area (Å²) < 4.78 is 2.02. The molecule has 132 valence electrons. The van der Waals surface area contributed by atoms with Gasteiger partial charge >= 0.3 is 0 Å². The van der Waals surface area contributed by atoms with Gasteiger partial charge in [0, 0.05) is 43.1 Å². The van der Waals surface area contributed by atoms with Gasteiger partial charge in [-0.2, -0.15) is 0 Å². The van der Waals surface area contributed by atoms with Gasteiger partial charge in [-0.05, 0) is 57.0 Å². The predicted octanol–water partition coefficient (Wildman–Crippen LogP) is 2.63. The molecule has 2 aromatic rings. The van der Waals surface area contributed by atoms with Crippen molar-refractivity contribution in [2.24, 2.45) is 0 Å². The number of imidazole rings is 1. The van der Waals surface area contributed by atoms with Gasteiger partial charge in [0.1, 0.15) is 0 Å². The lowest BCUT2D eigenvalue weighted by molar-refractivity contribution is 0.0664. The van der Waals surface area contributed by atoms with Crippen LogP contribution in [0.15, 0.2) is 43.0 Å². The number of likely N-dealkylation sites (tertiary alicyclic amines) is 2. The highest BCUT2D eigenvalue weighted by Crippen LogP contribution is 2.30. The van der Waals surface area contributed by atoms with E-state index in [1.165, 1.54) is 12.8 Å². The SMILES string of the molecule is CN1CCC[C@@H]1[C@H]1CCCN1C(=O)c1cccc(Cn2ccnc2)c1. The van der Waals surface area contributed by atoms with E-state index in [0.717, 1.165) is 43.6 Å². The zero-order valence-corrected chi connectivity index (χ0v) is 14.8. The normalized spacial score (nSPS) is 24.1. The molecule has 2 aliphatic heterocycles. The summed E-state index contributed by atoms with van der Waals surface area (Å²) in [4.78, 5) is 21.8. The maximum Gasteiger partial charge on any atom is 0.254 e. The third kappa shape index (κ3) is 3.33. The number of amides is 1. The van der Waals surface area contributed by atoms with Crippen molar-refractivity contribution in [1.82, 2.24) is 19.4 Å². The molecule has 3 heterocycles. The van der Waals surface area contributed by atoms with E-state index in [2.05, 4.69) is 27.9 Å². The molecule has 5 heteroatoms. The Kier molecular flexibility index (Phi) is 4.57. The van der Waals surface area contributed by atoms with Gasteiger partial charge in [-0.1, -0.05) is 12.1 Å². The summed E-state index contributed by atoms with van der Waals surface area (Å²) in [5.74, 6) is 0.190. The second-order valence-corrected chi connectivity index (χ2v) is 7.33. The van der Waals surface area contributed by atoms with Crippen molar-refractivity contribution < 1.29 is 4.79 Å². The molecular formula is C20H26N4O. The van der Waals surface area contributed by atoms with Crippen LogP contribution in [0, 0.1) is 0 Å². The average molecular weight is 338 g/mol. The van der Waals surface area contributed by atoms with E-state index in [1.807, 2.05) is 29.0 Å². The number of hydrogen-bond acceptors (Lipinski definition) is 3. The van der Waals surface area contributed by atoms with Gasteiger partial charge < -0.3 is 14.4 Å². The van der Waals surface area contributed by atoms with Crippen LogP contribution in [-0.4, -0.2) is 57.5 Å². The first kappa shape index (κ1) is 16.3. The summed E-state index contributed by atoms with van der Waals surface area (Å²) in [5.41, 5.74) is 1.95. The topological polar surface area (TPSA) is 41.4 Å². The van der Waals surface area contributed by atoms with E-state index in [-0.39, 0.29) is 5.91 Å². The summed E-state index contributed by atoms with van der Waals surface area (Å²) in [5, 5.41) is 0. The Morgan fingerprint density at radius 1 is 1.20 bits per heavy atom. The van der Waals surface area contributed by atoms with Crippen molar-refractivity contribution >= 4 is 5.91 Å². The van der Waals surface area contributed by atoms with Gasteiger partial charge in [0.25, 0.3) is 5.91 Å². The van der Waals surface area contributed by atoms with E-state index in [1.54, 1.807) is 12.5 Å². The second kappa shape index (κ2) is 7.00. The van der Waals surface area contributed by atoms with Gasteiger partial charge in [-0.15, -0.1) is 0 Å². The van der Waals surface area contributed by atoms with Crippen LogP contribution in [0.1, 0.15) is 41.6 Å². The molecule has 1 aromatic heterocycles. The second-order valence-electron chi connectivity index (χ2n) is 7.33. The number of carbonyl (C=O) groups is 1. The quantitative estimate of drug-likeness (QED) is 0.860. The third-order valence-electron chi connectivity index (χ3n) is 5.68. The molecule has 1 aromatic carbocycles. The number of likely N-dealkylation sites (N-methyl/N-ethyl adjacent to an activating group) is 1. The summed E-state index contributed by atoms with van der Waals surface area (Å²) in [7, 11) is 2.20. The predicted molar refractivity (Wildman–Crippen MR) is 97.5 cm³/mol. The molecule has 5 nitrogen and oxygen atoms in total. The minimum absolute atomic E-state index is 0.190. The number of benzene rings is 1. The van der Waals surface area contributed by atoms with Crippen molar-refractivity contribution in [2.45, 2.75) is 44.3 Å². The Morgan fingerprint density at radius 2 is 2.04 bits per heavy atom. The number of rotatable bonds is 4. The van der Waals surface area contributed by atoms with Crippen LogP contribution < -0.4 is 0 Å². The molecule has 25 heavy (non-hydrogen) atoms. The molecule has 0 radical (unpaired) electrons. The highest BCUT2D eigenvalue weighted by Gasteiger charge is 2.38. The minimum Gasteiger partial charge on any atom is -0.334 e. The number of carbonyl (C=O) groups excluding carboxylic acids is 1. The molecule has 0 spiro atoms. The molecular weight excluding hydrogens is 312 g/mol. The van der Waals surface area contributed by atoms with Gasteiger partial charge in [0.15, 0.2) is 0 Å². The monoisotopic (exact) mass is 338 g/mol. The van der Waals surface area contributed by atoms with Crippen molar-refractivity contribution in [3.05, 3.63) is 54.1 Å². The van der Waals surface area contributed by atoms with Crippen molar-refractivity contribution in [3.63, 3.8) is 0 Å². The molecule has 4 rings (SSSR count). The molecule has 0 saturated carbocycles. The van der Waals surface area contributed by atoms with Crippen molar-refractivity contribution in [2.75, 3.05) is 20.1 Å². The van der Waals surface area contributed by atoms with Gasteiger partial charge in [0.05, 0.1) is 6.33 Å². The zero-order valence-electron chi connectivity index (χ0n) is 14.8. The van der Waals surface area contributed by atoms with E-state index >= 15 is 0 Å². The molecule has 0 aliphatic carbocycles. The molecule has 2 saturated heterocycles. The van der Waals surface area contributed by atoms with Crippen molar-refractivity contribution in [1.29, 1.82) is 0 Å². The Hall–Kier alpha value is -2.14. The van der Waals surface area contributed by atoms with E-state index < -0.39 is 0 Å². The zero-order chi connectivity index (χ0) is 17.2. The highest BCUT2D eigenvalue weighted by atomic mass is 16.2. The lowest BCUT2D eigenvalue weighted by Crippen LogP contribution is -2.47. The molecule has 0 bridgehead atoms. The first-order chi connectivity index (χ1) is 12.2. The van der Waals surface area contributed by atoms with Crippen LogP contribution in [-0.2, 0) is 6.54 Å². The molecule has 0 N–H and O–H groups in total. The van der Waals surface area contributed by atoms with Crippen LogP contribution in [0.4, 0.5) is 0 Å². The van der Waals surface area contributed by atoms with Crippen LogP contribution in [0.25, 0.3) is 0 Å². The van der Waals surface area contributed by atoms with E-state index in [9.17, 15) is 4.79 Å². The molecule has 2 atom stereocenters. The maximum atomic E-state index is 13.2. The maximum absolute atomic E-state index is 13.2. The van der Waals surface area contributed by atoms with Gasteiger partial charge in [-0.3, -0.25) is 4.79 Å². The Balaban J connectivity index is 1.51. The van der Waals surface area contributed by atoms with Crippen LogP contribution in [0.5, 0.6) is 0 Å². The Bertz CT molecular complexity index is 727. The average Bonchev–Trinajstić information content (AvgIpc) is 3.35. The standard InChI is InChI=1S/C20H26N4O/c1-22-10-3-7-18(22)19-8-4-11-24(19)20(25)17-6-2-5-16(13-17)14-23-12-9-21-15-23/h2,5-6,9,12-13,15,18-19H,3-4,7-8,10-11,14H2,1H3/t18-,19-/m1/s1. The summed E-state index contributed by atoms with van der Waals surface area (Å²) in [6.07, 6.45) is 10.3. The Morgan fingerprint density at radius 3 is 2.80 bits per heavy atom. The van der Waals surface area contributed by atoms with Crippen molar-refractivity contribution in [3.8, 4) is 0 Å². The van der Waals surface area contributed by atoms with Crippen LogP contribution >= 0.6 is 0 Å². The van der Waals surface area contributed by atoms with Gasteiger partial charge in [0.2, 0.25) is 0 Å². The number of hydrogen-bond donors (Lipinski definition) is 0. The Labute approximate surface area is 149 Å². The number of nitrogens with zero attached hydrogens (tertiary/aromatic N) is 4. The summed E-state index contributed by atoms with van der Waals surface area (Å²) in [6, 6.07) is 8.96. The fourth-order valence-corrected chi connectivity index (χ4v) is 4.43. The molecule has 2 fully saturated rings. The minimum atomic E-state index is 0.190. The highest BCUT2D eigenvalue weighted by molar-refractivity contribution is 5.94. The fraction of sp³-hybridized carbons (Fsp3) is 0.500. The van der Waals surface area contributed by atoms with E-state index in [4.69, 9.17) is 0 Å². The summed E-state index contributed by atoms with van der Waals surface area (Å²) in [6.45, 7) is 2.79. The van der Waals surface area contributed by atoms with Crippen LogP contribution in [0.2, 0.25) is 0 Å². The molecule has 1 amide bonds. The lowest BCUT2D eigenvalue weighted by atomic mass is 10.0. The first-order valence-corrected chi connectivity index (χ1v) is 9.28. The smallest absolute Gasteiger partial charge is 0.254 e. The first-order valence-electron chi connectivity index (χ1n) is 9.28. The van der Waals surface area contributed by atoms with E-state index in [0.29, 0.717) is 12.1 Å². The number of aromatic nitrogens is 2. The molecule has 2 aliphatic rings.